The number of hydrogen-bond donors (Lipinski definition) is 1. The van der Waals surface area contributed by atoms with E-state index in [-0.39, 0.29) is 18.2 Å². The summed E-state index contributed by atoms with van der Waals surface area (Å²) in [4.78, 5) is 28.2. The maximum absolute atomic E-state index is 13.6. The number of halogens is 1. The molecule has 0 aliphatic heterocycles. The zero-order valence-electron chi connectivity index (χ0n) is 18.8. The molecule has 5 heteroatoms. The smallest absolute Gasteiger partial charge is 0.242 e. The maximum Gasteiger partial charge on any atom is 0.242 e. The molecule has 4 nitrogen and oxygen atoms in total. The highest BCUT2D eigenvalue weighted by atomic mass is 35.5. The van der Waals surface area contributed by atoms with E-state index in [9.17, 15) is 9.59 Å². The van der Waals surface area contributed by atoms with Crippen LogP contribution in [0.3, 0.4) is 0 Å². The largest absolute Gasteiger partial charge is 0.357 e. The molecule has 0 heterocycles. The third kappa shape index (κ3) is 6.44. The van der Waals surface area contributed by atoms with E-state index in [2.05, 4.69) is 11.4 Å². The number of hydrogen-bond acceptors (Lipinski definition) is 2. The van der Waals surface area contributed by atoms with Gasteiger partial charge in [0.2, 0.25) is 11.8 Å². The molecule has 0 aliphatic carbocycles. The topological polar surface area (TPSA) is 49.4 Å². The number of amides is 2. The number of nitrogens with one attached hydrogen (secondary N) is 1. The lowest BCUT2D eigenvalue weighted by atomic mass is 10.0. The van der Waals surface area contributed by atoms with Crippen molar-refractivity contribution in [2.45, 2.75) is 39.3 Å². The van der Waals surface area contributed by atoms with Gasteiger partial charge in [0, 0.05) is 25.0 Å². The minimum atomic E-state index is -0.639. The summed E-state index contributed by atoms with van der Waals surface area (Å²) in [6.45, 7) is 4.34. The molecule has 3 aromatic carbocycles. The molecule has 0 fully saturated rings. The first-order valence-corrected chi connectivity index (χ1v) is 11.1. The van der Waals surface area contributed by atoms with E-state index in [1.165, 1.54) is 0 Å². The lowest BCUT2D eigenvalue weighted by Crippen LogP contribution is -2.50. The van der Waals surface area contributed by atoms with E-state index in [1.54, 1.807) is 18.0 Å². The molecule has 2 amide bonds. The predicted octanol–water partition coefficient (Wildman–Crippen LogP) is 4.89. The Labute approximate surface area is 195 Å². The number of carbonyl (C=O) groups is 2. The van der Waals surface area contributed by atoms with Gasteiger partial charge in [0.15, 0.2) is 0 Å². The lowest BCUT2D eigenvalue weighted by Gasteiger charge is -2.31. The van der Waals surface area contributed by atoms with E-state index in [0.29, 0.717) is 18.0 Å². The van der Waals surface area contributed by atoms with Crippen molar-refractivity contribution >= 4 is 23.4 Å². The molecule has 3 aromatic rings. The standard InChI is InChI=1S/C27H29ClN2O2/c1-19-12-20(2)14-23(13-19)17-26(31)30(18-22-10-7-11-24(28)15-22)25(27(32)29-3)16-21-8-5-4-6-9-21/h4-15,25H,16-18H2,1-3H3,(H,29,32)/t25-/m0/s1. The molecule has 0 radical (unpaired) electrons. The minimum Gasteiger partial charge on any atom is -0.357 e. The molecule has 0 bridgehead atoms. The molecule has 0 unspecified atom stereocenters. The van der Waals surface area contributed by atoms with Crippen molar-refractivity contribution in [1.29, 1.82) is 0 Å². The van der Waals surface area contributed by atoms with E-state index in [0.717, 1.165) is 27.8 Å². The molecule has 166 valence electrons. The van der Waals surface area contributed by atoms with Crippen molar-refractivity contribution in [2.75, 3.05) is 7.05 Å². The minimum absolute atomic E-state index is 0.0977. The predicted molar refractivity (Wildman–Crippen MR) is 130 cm³/mol. The van der Waals surface area contributed by atoms with Gasteiger partial charge >= 0.3 is 0 Å². The fourth-order valence-corrected chi connectivity index (χ4v) is 4.21. The van der Waals surface area contributed by atoms with Crippen LogP contribution in [0.15, 0.2) is 72.8 Å². The van der Waals surface area contributed by atoms with Gasteiger partial charge in [-0.1, -0.05) is 83.4 Å². The van der Waals surface area contributed by atoms with Gasteiger partial charge in [-0.15, -0.1) is 0 Å². The Hall–Kier alpha value is -3.11. The van der Waals surface area contributed by atoms with Crippen molar-refractivity contribution in [2.24, 2.45) is 0 Å². The van der Waals surface area contributed by atoms with Crippen LogP contribution in [0.1, 0.15) is 27.8 Å². The van der Waals surface area contributed by atoms with Gasteiger partial charge in [0.05, 0.1) is 6.42 Å². The normalized spacial score (nSPS) is 11.6. The van der Waals surface area contributed by atoms with Gasteiger partial charge in [-0.05, 0) is 42.7 Å². The van der Waals surface area contributed by atoms with Gasteiger partial charge < -0.3 is 10.2 Å². The Balaban J connectivity index is 1.96. The summed E-state index contributed by atoms with van der Waals surface area (Å²) < 4.78 is 0. The Kier molecular flexibility index (Phi) is 8.07. The SMILES string of the molecule is CNC(=O)[C@H](Cc1ccccc1)N(Cc1cccc(Cl)c1)C(=O)Cc1cc(C)cc(C)c1. The van der Waals surface area contributed by atoms with Crippen LogP contribution in [0, 0.1) is 13.8 Å². The monoisotopic (exact) mass is 448 g/mol. The van der Waals surface area contributed by atoms with Crippen molar-refractivity contribution < 1.29 is 9.59 Å². The van der Waals surface area contributed by atoms with Crippen LogP contribution in [0.5, 0.6) is 0 Å². The summed E-state index contributed by atoms with van der Waals surface area (Å²) >= 11 is 6.19. The van der Waals surface area contributed by atoms with Gasteiger partial charge in [0.25, 0.3) is 0 Å². The van der Waals surface area contributed by atoms with E-state index < -0.39 is 6.04 Å². The molecular formula is C27H29ClN2O2. The van der Waals surface area contributed by atoms with E-state index in [1.807, 2.05) is 74.5 Å². The molecule has 1 atom stereocenters. The number of aryl methyl sites for hydroxylation is 2. The Morgan fingerprint density at radius 2 is 1.53 bits per heavy atom. The Bertz CT molecular complexity index is 1060. The van der Waals surface area contributed by atoms with Crippen LogP contribution < -0.4 is 5.32 Å². The zero-order valence-corrected chi connectivity index (χ0v) is 19.5. The van der Waals surface area contributed by atoms with Crippen LogP contribution in [0.4, 0.5) is 0 Å². The number of rotatable bonds is 8. The number of benzene rings is 3. The first-order valence-electron chi connectivity index (χ1n) is 10.7. The quantitative estimate of drug-likeness (QED) is 0.533. The second-order valence-electron chi connectivity index (χ2n) is 8.14. The molecule has 0 aromatic heterocycles. The molecule has 32 heavy (non-hydrogen) atoms. The highest BCUT2D eigenvalue weighted by Gasteiger charge is 2.29. The summed E-state index contributed by atoms with van der Waals surface area (Å²) in [6.07, 6.45) is 0.658. The average Bonchev–Trinajstić information content (AvgIpc) is 2.75. The van der Waals surface area contributed by atoms with Crippen LogP contribution in [0.2, 0.25) is 5.02 Å². The van der Waals surface area contributed by atoms with Gasteiger partial charge in [0.1, 0.15) is 6.04 Å². The first kappa shape index (κ1) is 23.6. The second-order valence-corrected chi connectivity index (χ2v) is 8.58. The average molecular weight is 449 g/mol. The van der Waals surface area contributed by atoms with Crippen LogP contribution in [-0.2, 0) is 29.0 Å². The third-order valence-corrected chi connectivity index (χ3v) is 5.63. The summed E-state index contributed by atoms with van der Waals surface area (Å²) in [5.41, 5.74) is 5.05. The molecule has 0 aliphatic rings. The molecule has 0 saturated carbocycles. The van der Waals surface area contributed by atoms with Gasteiger partial charge in [-0.25, -0.2) is 0 Å². The molecule has 0 saturated heterocycles. The summed E-state index contributed by atoms with van der Waals surface area (Å²) in [7, 11) is 1.60. The van der Waals surface area contributed by atoms with Crippen molar-refractivity contribution in [3.63, 3.8) is 0 Å². The van der Waals surface area contributed by atoms with E-state index >= 15 is 0 Å². The summed E-state index contributed by atoms with van der Waals surface area (Å²) in [6, 6.07) is 22.7. The number of nitrogens with zero attached hydrogens (tertiary/aromatic N) is 1. The van der Waals surface area contributed by atoms with Crippen LogP contribution in [-0.4, -0.2) is 29.8 Å². The van der Waals surface area contributed by atoms with Gasteiger partial charge in [-0.3, -0.25) is 9.59 Å². The van der Waals surface area contributed by atoms with Crippen molar-refractivity contribution in [3.8, 4) is 0 Å². The van der Waals surface area contributed by atoms with Gasteiger partial charge in [-0.2, -0.15) is 0 Å². The number of carbonyl (C=O) groups excluding carboxylic acids is 2. The van der Waals surface area contributed by atoms with Crippen LogP contribution in [0.25, 0.3) is 0 Å². The van der Waals surface area contributed by atoms with Crippen molar-refractivity contribution in [3.05, 3.63) is 106 Å². The van der Waals surface area contributed by atoms with E-state index in [4.69, 9.17) is 11.6 Å². The second kappa shape index (κ2) is 11.0. The fourth-order valence-electron chi connectivity index (χ4n) is 4.00. The molecule has 3 rings (SSSR count). The first-order chi connectivity index (χ1) is 15.4. The third-order valence-electron chi connectivity index (χ3n) is 5.40. The zero-order chi connectivity index (χ0) is 23.1. The number of likely N-dealkylation sites (N-methyl/N-ethyl adjacent to an activating group) is 1. The highest BCUT2D eigenvalue weighted by molar-refractivity contribution is 6.30. The summed E-state index contributed by atoms with van der Waals surface area (Å²) in [5, 5.41) is 3.34. The van der Waals surface area contributed by atoms with Crippen LogP contribution >= 0.6 is 11.6 Å². The Morgan fingerprint density at radius 3 is 2.16 bits per heavy atom. The lowest BCUT2D eigenvalue weighted by molar-refractivity contribution is -0.140. The molecule has 0 spiro atoms. The molecule has 1 N–H and O–H groups in total. The Morgan fingerprint density at radius 1 is 0.875 bits per heavy atom. The maximum atomic E-state index is 13.6. The summed E-state index contributed by atoms with van der Waals surface area (Å²) in [5.74, 6) is -0.288. The van der Waals surface area contributed by atoms with Crippen molar-refractivity contribution in [1.82, 2.24) is 10.2 Å². The highest BCUT2D eigenvalue weighted by Crippen LogP contribution is 2.19. The molecular weight excluding hydrogens is 420 g/mol. The fraction of sp³-hybridized carbons (Fsp3) is 0.259.